The molecule has 2 aromatic carbocycles. The summed E-state index contributed by atoms with van der Waals surface area (Å²) in [6, 6.07) is 19.6. The molecule has 0 amide bonds. The molecule has 3 N–H and O–H groups in total. The SMILES string of the molecule is CC(NC1CC(N)c2ccccc21)C(OC1CCOCC1)c1ccccc1. The maximum absolute atomic E-state index is 6.59. The number of ether oxygens (including phenoxy) is 2. The van der Waals surface area contributed by atoms with E-state index >= 15 is 0 Å². The number of rotatable bonds is 6. The maximum atomic E-state index is 6.59. The van der Waals surface area contributed by atoms with Crippen LogP contribution in [0, 0.1) is 0 Å². The molecule has 0 spiro atoms. The summed E-state index contributed by atoms with van der Waals surface area (Å²) in [5.41, 5.74) is 10.2. The van der Waals surface area contributed by atoms with Crippen LogP contribution in [0.4, 0.5) is 0 Å². The summed E-state index contributed by atoms with van der Waals surface area (Å²) in [6.07, 6.45) is 3.13. The van der Waals surface area contributed by atoms with Crippen LogP contribution in [0.15, 0.2) is 54.6 Å². The fourth-order valence-corrected chi connectivity index (χ4v) is 4.38. The number of hydrogen-bond donors (Lipinski definition) is 2. The zero-order chi connectivity index (χ0) is 18.6. The Morgan fingerprint density at radius 3 is 2.41 bits per heavy atom. The van der Waals surface area contributed by atoms with Gasteiger partial charge in [0.2, 0.25) is 0 Å². The molecule has 1 aliphatic carbocycles. The van der Waals surface area contributed by atoms with Crippen molar-refractivity contribution in [3.05, 3.63) is 71.3 Å². The molecule has 4 heteroatoms. The first-order chi connectivity index (χ1) is 13.2. The molecule has 1 saturated heterocycles. The van der Waals surface area contributed by atoms with Gasteiger partial charge in [0.25, 0.3) is 0 Å². The lowest BCUT2D eigenvalue weighted by molar-refractivity contribution is -0.0805. The average molecular weight is 367 g/mol. The van der Waals surface area contributed by atoms with E-state index in [0.29, 0.717) is 0 Å². The van der Waals surface area contributed by atoms with Crippen molar-refractivity contribution in [2.45, 2.75) is 56.5 Å². The Morgan fingerprint density at radius 1 is 1.00 bits per heavy atom. The van der Waals surface area contributed by atoms with Gasteiger partial charge in [-0.05, 0) is 42.9 Å². The fraction of sp³-hybridized carbons (Fsp3) is 0.478. The molecule has 4 atom stereocenters. The number of nitrogens with one attached hydrogen (secondary N) is 1. The van der Waals surface area contributed by atoms with Gasteiger partial charge >= 0.3 is 0 Å². The molecule has 0 radical (unpaired) electrons. The van der Waals surface area contributed by atoms with Crippen molar-refractivity contribution in [3.8, 4) is 0 Å². The second kappa shape index (κ2) is 8.53. The van der Waals surface area contributed by atoms with Gasteiger partial charge in [0, 0.05) is 31.3 Å². The van der Waals surface area contributed by atoms with Gasteiger partial charge in [-0.25, -0.2) is 0 Å². The van der Waals surface area contributed by atoms with Crippen LogP contribution in [0.1, 0.15) is 61.1 Å². The van der Waals surface area contributed by atoms with E-state index in [0.717, 1.165) is 32.5 Å². The zero-order valence-corrected chi connectivity index (χ0v) is 16.0. The van der Waals surface area contributed by atoms with Gasteiger partial charge in [-0.15, -0.1) is 0 Å². The predicted molar refractivity (Wildman–Crippen MR) is 107 cm³/mol. The van der Waals surface area contributed by atoms with Gasteiger partial charge in [0.15, 0.2) is 0 Å². The minimum Gasteiger partial charge on any atom is -0.381 e. The highest BCUT2D eigenvalue weighted by atomic mass is 16.5. The van der Waals surface area contributed by atoms with Crippen molar-refractivity contribution < 1.29 is 9.47 Å². The third-order valence-corrected chi connectivity index (χ3v) is 5.81. The Bertz CT molecular complexity index is 730. The van der Waals surface area contributed by atoms with Gasteiger partial charge in [0.1, 0.15) is 0 Å². The van der Waals surface area contributed by atoms with Gasteiger partial charge < -0.3 is 20.5 Å². The molecular formula is C23H30N2O2. The van der Waals surface area contributed by atoms with E-state index in [1.165, 1.54) is 16.7 Å². The van der Waals surface area contributed by atoms with Crippen molar-refractivity contribution in [2.75, 3.05) is 13.2 Å². The van der Waals surface area contributed by atoms with Crippen LogP contribution in [0.5, 0.6) is 0 Å². The van der Waals surface area contributed by atoms with Crippen molar-refractivity contribution in [2.24, 2.45) is 5.73 Å². The third kappa shape index (κ3) is 4.25. The molecule has 4 unspecified atom stereocenters. The molecule has 1 fully saturated rings. The van der Waals surface area contributed by atoms with Crippen LogP contribution in [0.25, 0.3) is 0 Å². The van der Waals surface area contributed by atoms with Gasteiger partial charge in [-0.3, -0.25) is 0 Å². The first-order valence-electron chi connectivity index (χ1n) is 10.1. The van der Waals surface area contributed by atoms with E-state index in [1.54, 1.807) is 0 Å². The molecule has 4 nitrogen and oxygen atoms in total. The maximum Gasteiger partial charge on any atom is 0.0979 e. The Kier molecular flexibility index (Phi) is 5.89. The van der Waals surface area contributed by atoms with E-state index in [9.17, 15) is 0 Å². The van der Waals surface area contributed by atoms with E-state index in [4.69, 9.17) is 15.2 Å². The highest BCUT2D eigenvalue weighted by Crippen LogP contribution is 2.38. The molecule has 2 aromatic rings. The van der Waals surface area contributed by atoms with E-state index < -0.39 is 0 Å². The number of fused-ring (bicyclic) bond motifs is 1. The minimum atomic E-state index is 0.0123. The topological polar surface area (TPSA) is 56.5 Å². The minimum absolute atomic E-state index is 0.0123. The summed E-state index contributed by atoms with van der Waals surface area (Å²) in [4.78, 5) is 0. The monoisotopic (exact) mass is 366 g/mol. The molecule has 144 valence electrons. The molecule has 1 aliphatic heterocycles. The lowest BCUT2D eigenvalue weighted by Crippen LogP contribution is -2.38. The third-order valence-electron chi connectivity index (χ3n) is 5.81. The number of benzene rings is 2. The standard InChI is InChI=1S/C23H30N2O2/c1-16(25-22-15-21(24)19-9-5-6-10-20(19)22)23(17-7-3-2-4-8-17)27-18-11-13-26-14-12-18/h2-10,16,18,21-23,25H,11-15,24H2,1H3. The summed E-state index contributed by atoms with van der Waals surface area (Å²) in [5.74, 6) is 0. The Hall–Kier alpha value is -1.72. The Balaban J connectivity index is 1.51. The summed E-state index contributed by atoms with van der Waals surface area (Å²) < 4.78 is 12.1. The molecule has 0 aromatic heterocycles. The van der Waals surface area contributed by atoms with Crippen LogP contribution >= 0.6 is 0 Å². The van der Waals surface area contributed by atoms with E-state index in [2.05, 4.69) is 66.8 Å². The van der Waals surface area contributed by atoms with E-state index in [-0.39, 0.29) is 30.3 Å². The summed E-state index contributed by atoms with van der Waals surface area (Å²) in [6.45, 7) is 3.81. The highest BCUT2D eigenvalue weighted by Gasteiger charge is 2.32. The summed E-state index contributed by atoms with van der Waals surface area (Å²) in [7, 11) is 0. The van der Waals surface area contributed by atoms with Gasteiger partial charge in [0.05, 0.1) is 12.2 Å². The second-order valence-electron chi connectivity index (χ2n) is 7.76. The highest BCUT2D eigenvalue weighted by molar-refractivity contribution is 5.37. The molecule has 2 aliphatic rings. The molecule has 1 heterocycles. The number of hydrogen-bond acceptors (Lipinski definition) is 4. The summed E-state index contributed by atoms with van der Waals surface area (Å²) in [5, 5.41) is 3.82. The lowest BCUT2D eigenvalue weighted by atomic mass is 10.00. The van der Waals surface area contributed by atoms with E-state index in [1.807, 2.05) is 0 Å². The van der Waals surface area contributed by atoms with Crippen LogP contribution in [-0.4, -0.2) is 25.4 Å². The lowest BCUT2D eigenvalue weighted by Gasteiger charge is -2.33. The largest absolute Gasteiger partial charge is 0.381 e. The quantitative estimate of drug-likeness (QED) is 0.810. The Morgan fingerprint density at radius 2 is 1.67 bits per heavy atom. The van der Waals surface area contributed by atoms with Crippen molar-refractivity contribution in [1.82, 2.24) is 5.32 Å². The second-order valence-corrected chi connectivity index (χ2v) is 7.76. The molecule has 0 bridgehead atoms. The van der Waals surface area contributed by atoms with Crippen molar-refractivity contribution in [1.29, 1.82) is 0 Å². The normalized spacial score (nSPS) is 25.1. The first-order valence-corrected chi connectivity index (χ1v) is 10.1. The zero-order valence-electron chi connectivity index (χ0n) is 16.0. The van der Waals surface area contributed by atoms with Crippen LogP contribution in [-0.2, 0) is 9.47 Å². The fourth-order valence-electron chi connectivity index (χ4n) is 4.38. The Labute approximate surface area is 162 Å². The van der Waals surface area contributed by atoms with Crippen LogP contribution in [0.3, 0.4) is 0 Å². The van der Waals surface area contributed by atoms with Crippen molar-refractivity contribution >= 4 is 0 Å². The van der Waals surface area contributed by atoms with Gasteiger partial charge in [-0.1, -0.05) is 54.6 Å². The molecule has 27 heavy (non-hydrogen) atoms. The smallest absolute Gasteiger partial charge is 0.0979 e. The average Bonchev–Trinajstić information content (AvgIpc) is 3.03. The van der Waals surface area contributed by atoms with Crippen LogP contribution in [0.2, 0.25) is 0 Å². The predicted octanol–water partition coefficient (Wildman–Crippen LogP) is 4.05. The molecule has 0 saturated carbocycles. The van der Waals surface area contributed by atoms with Crippen LogP contribution < -0.4 is 11.1 Å². The van der Waals surface area contributed by atoms with Crippen molar-refractivity contribution in [3.63, 3.8) is 0 Å². The molecule has 4 rings (SSSR count). The first kappa shape index (κ1) is 18.6. The van der Waals surface area contributed by atoms with Gasteiger partial charge in [-0.2, -0.15) is 0 Å². The number of nitrogens with two attached hydrogens (primary N) is 1. The molecular weight excluding hydrogens is 336 g/mol. The summed E-state index contributed by atoms with van der Waals surface area (Å²) >= 11 is 0.